The summed E-state index contributed by atoms with van der Waals surface area (Å²) in [5.74, 6) is 0. The molecule has 1 aromatic heterocycles. The molecule has 32 heavy (non-hydrogen) atoms. The quantitative estimate of drug-likeness (QED) is 0.549. The molecule has 2 aromatic carbocycles. The van der Waals surface area contributed by atoms with Crippen LogP contribution < -0.4 is 10.4 Å². The number of aromatic nitrogens is 2. The van der Waals surface area contributed by atoms with Gasteiger partial charge in [-0.1, -0.05) is 12.1 Å². The molecule has 4 rings (SSSR count). The highest BCUT2D eigenvalue weighted by Crippen LogP contribution is 2.25. The normalized spacial score (nSPS) is 15.5. The Morgan fingerprint density at radius 2 is 1.56 bits per heavy atom. The van der Waals surface area contributed by atoms with Crippen LogP contribution in [0.25, 0.3) is 5.69 Å². The van der Waals surface area contributed by atoms with Gasteiger partial charge in [0, 0.05) is 25.0 Å². The Morgan fingerprint density at radius 1 is 0.938 bits per heavy atom. The molecule has 0 bridgehead atoms. The van der Waals surface area contributed by atoms with Gasteiger partial charge in [-0.05, 0) is 43.3 Å². The highest BCUT2D eigenvalue weighted by Gasteiger charge is 2.27. The van der Waals surface area contributed by atoms with Crippen molar-refractivity contribution >= 4 is 25.7 Å². The molecule has 0 amide bonds. The number of imidazole rings is 1. The van der Waals surface area contributed by atoms with E-state index in [4.69, 9.17) is 4.74 Å². The Balaban J connectivity index is 1.63. The van der Waals surface area contributed by atoms with E-state index in [0.29, 0.717) is 24.6 Å². The molecular weight excluding hydrogens is 456 g/mol. The number of aryl methyl sites for hydroxylation is 1. The maximum absolute atomic E-state index is 13.0. The van der Waals surface area contributed by atoms with Gasteiger partial charge in [-0.2, -0.15) is 4.31 Å². The fraction of sp³-hybridized carbons (Fsp3) is 0.250. The van der Waals surface area contributed by atoms with Crippen molar-refractivity contribution in [2.24, 2.45) is 0 Å². The third-order valence-electron chi connectivity index (χ3n) is 5.09. The average molecular weight is 479 g/mol. The van der Waals surface area contributed by atoms with E-state index in [2.05, 4.69) is 9.71 Å². The fourth-order valence-electron chi connectivity index (χ4n) is 3.44. The van der Waals surface area contributed by atoms with E-state index in [0.717, 1.165) is 0 Å². The van der Waals surface area contributed by atoms with Gasteiger partial charge in [0.15, 0.2) is 0 Å². The first-order chi connectivity index (χ1) is 15.2. The van der Waals surface area contributed by atoms with Crippen molar-refractivity contribution in [3.05, 3.63) is 70.9 Å². The number of benzene rings is 2. The predicted octanol–water partition coefficient (Wildman–Crippen LogP) is 1.30. The lowest BCUT2D eigenvalue weighted by molar-refractivity contribution is 0.0730. The number of hydrogen-bond donors (Lipinski definition) is 2. The maximum atomic E-state index is 13.0. The Morgan fingerprint density at radius 3 is 2.19 bits per heavy atom. The van der Waals surface area contributed by atoms with Crippen LogP contribution in [0.5, 0.6) is 0 Å². The van der Waals surface area contributed by atoms with E-state index >= 15 is 0 Å². The van der Waals surface area contributed by atoms with Crippen molar-refractivity contribution in [3.8, 4) is 5.69 Å². The first-order valence-electron chi connectivity index (χ1n) is 9.77. The first kappa shape index (κ1) is 22.3. The third kappa shape index (κ3) is 4.21. The number of rotatable bonds is 6. The molecule has 0 spiro atoms. The van der Waals surface area contributed by atoms with Crippen LogP contribution >= 0.6 is 0 Å². The third-order valence-corrected chi connectivity index (χ3v) is 8.39. The maximum Gasteiger partial charge on any atom is 0.330 e. The van der Waals surface area contributed by atoms with Gasteiger partial charge in [0.25, 0.3) is 10.0 Å². The predicted molar refractivity (Wildman–Crippen MR) is 118 cm³/mol. The molecule has 1 aliphatic rings. The topological polar surface area (TPSA) is 131 Å². The Bertz CT molecular complexity index is 1390. The van der Waals surface area contributed by atoms with Gasteiger partial charge in [0.1, 0.15) is 0 Å². The summed E-state index contributed by atoms with van der Waals surface area (Å²) in [6, 6.07) is 11.5. The molecule has 12 heteroatoms. The van der Waals surface area contributed by atoms with Crippen molar-refractivity contribution in [1.29, 1.82) is 0 Å². The molecular formula is C20H22N4O6S2. The molecule has 3 aromatic rings. The van der Waals surface area contributed by atoms with Crippen LogP contribution in [-0.2, 0) is 24.8 Å². The zero-order valence-corrected chi connectivity index (χ0v) is 18.8. The lowest BCUT2D eigenvalue weighted by atomic mass is 10.2. The number of nitrogens with one attached hydrogen (secondary N) is 2. The van der Waals surface area contributed by atoms with E-state index in [1.54, 1.807) is 31.2 Å². The summed E-state index contributed by atoms with van der Waals surface area (Å²) >= 11 is 0. The molecule has 1 fully saturated rings. The summed E-state index contributed by atoms with van der Waals surface area (Å²) < 4.78 is 61.8. The smallest absolute Gasteiger partial charge is 0.330 e. The van der Waals surface area contributed by atoms with Crippen LogP contribution in [0.3, 0.4) is 0 Å². The number of sulfonamides is 2. The van der Waals surface area contributed by atoms with E-state index in [1.807, 2.05) is 0 Å². The second kappa shape index (κ2) is 8.54. The number of hydrogen-bond acceptors (Lipinski definition) is 6. The SMILES string of the molecule is Cc1c[nH]c(=O)n1-c1ccccc1NS(=O)(=O)c1ccc(S(=O)(=O)N2CCOCC2)cc1. The van der Waals surface area contributed by atoms with Crippen LogP contribution in [0.2, 0.25) is 0 Å². The lowest BCUT2D eigenvalue weighted by Gasteiger charge is -2.26. The van der Waals surface area contributed by atoms with Crippen LogP contribution in [0.15, 0.2) is 69.3 Å². The molecule has 0 radical (unpaired) electrons. The monoisotopic (exact) mass is 478 g/mol. The van der Waals surface area contributed by atoms with Crippen molar-refractivity contribution in [2.75, 3.05) is 31.0 Å². The molecule has 0 atom stereocenters. The zero-order valence-electron chi connectivity index (χ0n) is 17.2. The molecule has 170 valence electrons. The van der Waals surface area contributed by atoms with Gasteiger partial charge < -0.3 is 9.72 Å². The molecule has 1 saturated heterocycles. The average Bonchev–Trinajstić information content (AvgIpc) is 3.12. The van der Waals surface area contributed by atoms with Crippen LogP contribution in [0, 0.1) is 6.92 Å². The summed E-state index contributed by atoms with van der Waals surface area (Å²) in [5, 5.41) is 0. The number of H-pyrrole nitrogens is 1. The standard InChI is InChI=1S/C20H22N4O6S2/c1-15-14-21-20(25)24(15)19-5-3-2-4-18(19)22-31(26,27)16-6-8-17(9-7-16)32(28,29)23-10-12-30-13-11-23/h2-9,14,22H,10-13H2,1H3,(H,21,25). The minimum Gasteiger partial charge on any atom is -0.379 e. The number of morpholine rings is 1. The Hall–Kier alpha value is -2.93. The summed E-state index contributed by atoms with van der Waals surface area (Å²) in [6.07, 6.45) is 1.53. The second-order valence-corrected chi connectivity index (χ2v) is 10.8. The first-order valence-corrected chi connectivity index (χ1v) is 12.7. The van der Waals surface area contributed by atoms with E-state index in [9.17, 15) is 21.6 Å². The lowest BCUT2D eigenvalue weighted by Crippen LogP contribution is -2.40. The second-order valence-electron chi connectivity index (χ2n) is 7.18. The molecule has 2 heterocycles. The summed E-state index contributed by atoms with van der Waals surface area (Å²) in [6.45, 7) is 2.85. The van der Waals surface area contributed by atoms with Gasteiger partial charge in [0.05, 0.1) is 34.4 Å². The number of para-hydroxylation sites is 2. The van der Waals surface area contributed by atoms with Crippen LogP contribution in [-0.4, -0.2) is 57.0 Å². The van der Waals surface area contributed by atoms with E-state index in [1.165, 1.54) is 39.3 Å². The van der Waals surface area contributed by atoms with Gasteiger partial charge in [-0.25, -0.2) is 21.6 Å². The van der Waals surface area contributed by atoms with Gasteiger partial charge in [0.2, 0.25) is 10.0 Å². The molecule has 0 saturated carbocycles. The summed E-state index contributed by atoms with van der Waals surface area (Å²) in [5.41, 5.74) is 0.791. The Kier molecular flexibility index (Phi) is 5.95. The van der Waals surface area contributed by atoms with E-state index in [-0.39, 0.29) is 28.6 Å². The minimum atomic E-state index is -4.04. The van der Waals surface area contributed by atoms with Crippen molar-refractivity contribution in [3.63, 3.8) is 0 Å². The highest BCUT2D eigenvalue weighted by molar-refractivity contribution is 7.92. The largest absolute Gasteiger partial charge is 0.379 e. The van der Waals surface area contributed by atoms with Crippen molar-refractivity contribution in [1.82, 2.24) is 13.9 Å². The Labute approximate surface area is 185 Å². The number of nitrogens with zero attached hydrogens (tertiary/aromatic N) is 2. The van der Waals surface area contributed by atoms with Gasteiger partial charge >= 0.3 is 5.69 Å². The summed E-state index contributed by atoms with van der Waals surface area (Å²) in [4.78, 5) is 14.6. The molecule has 2 N–H and O–H groups in total. The van der Waals surface area contributed by atoms with Gasteiger partial charge in [-0.3, -0.25) is 9.29 Å². The van der Waals surface area contributed by atoms with Crippen LogP contribution in [0.1, 0.15) is 5.69 Å². The highest BCUT2D eigenvalue weighted by atomic mass is 32.2. The number of ether oxygens (including phenoxy) is 1. The van der Waals surface area contributed by atoms with Gasteiger partial charge in [-0.15, -0.1) is 0 Å². The summed E-state index contributed by atoms with van der Waals surface area (Å²) in [7, 11) is -7.78. The molecule has 0 aliphatic carbocycles. The minimum absolute atomic E-state index is 0.00764. The fourth-order valence-corrected chi connectivity index (χ4v) is 5.92. The number of anilines is 1. The van der Waals surface area contributed by atoms with E-state index < -0.39 is 25.7 Å². The van der Waals surface area contributed by atoms with Crippen molar-refractivity contribution in [2.45, 2.75) is 16.7 Å². The van der Waals surface area contributed by atoms with Crippen molar-refractivity contribution < 1.29 is 21.6 Å². The van der Waals surface area contributed by atoms with Crippen LogP contribution in [0.4, 0.5) is 5.69 Å². The zero-order chi connectivity index (χ0) is 22.9. The number of aromatic amines is 1. The molecule has 0 unspecified atom stereocenters. The molecule has 10 nitrogen and oxygen atoms in total. The molecule has 1 aliphatic heterocycles.